The van der Waals surface area contributed by atoms with Gasteiger partial charge in [0, 0.05) is 49.5 Å². The number of benzene rings is 2. The molecule has 2 aromatic carbocycles. The molecule has 0 saturated carbocycles. The monoisotopic (exact) mass is 457 g/mol. The van der Waals surface area contributed by atoms with Crippen molar-refractivity contribution in [2.24, 2.45) is 4.99 Å². The normalized spacial score (nSPS) is 18.4. The highest BCUT2D eigenvalue weighted by Gasteiger charge is 2.19. The molecule has 5 rings (SSSR count). The van der Waals surface area contributed by atoms with Crippen molar-refractivity contribution >= 4 is 22.9 Å². The number of unbranched alkanes of at least 4 members (excludes halogenated alkanes) is 1. The topological polar surface area (TPSA) is 44.2 Å². The molecule has 0 aliphatic carbocycles. The van der Waals surface area contributed by atoms with Gasteiger partial charge in [-0.1, -0.05) is 18.2 Å². The van der Waals surface area contributed by atoms with Gasteiger partial charge >= 0.3 is 0 Å². The average molecular weight is 458 g/mol. The Kier molecular flexibility index (Phi) is 6.95. The number of hydrogen-bond donors (Lipinski definition) is 0. The predicted molar refractivity (Wildman–Crippen MR) is 139 cm³/mol. The first-order valence-corrected chi connectivity index (χ1v) is 12.6. The largest absolute Gasteiger partial charge is 0.497 e. The summed E-state index contributed by atoms with van der Waals surface area (Å²) in [5.74, 6) is 1.99. The molecule has 2 aliphatic heterocycles. The van der Waals surface area contributed by atoms with Crippen LogP contribution < -0.4 is 20.2 Å². The first-order chi connectivity index (χ1) is 16.7. The third-order valence-electron chi connectivity index (χ3n) is 7.04. The van der Waals surface area contributed by atoms with Gasteiger partial charge in [-0.15, -0.1) is 0 Å². The van der Waals surface area contributed by atoms with Gasteiger partial charge in [0.05, 0.1) is 18.0 Å². The van der Waals surface area contributed by atoms with Crippen LogP contribution in [0.4, 0.5) is 5.82 Å². The first-order valence-electron chi connectivity index (χ1n) is 12.6. The van der Waals surface area contributed by atoms with E-state index in [2.05, 4.69) is 76.4 Å². The Hall–Kier alpha value is -3.12. The van der Waals surface area contributed by atoms with Gasteiger partial charge in [0.1, 0.15) is 17.7 Å². The quantitative estimate of drug-likeness (QED) is 0.486. The molecular weight excluding hydrogens is 422 g/mol. The Labute approximate surface area is 202 Å². The first kappa shape index (κ1) is 22.7. The van der Waals surface area contributed by atoms with E-state index in [1.165, 1.54) is 18.2 Å². The van der Waals surface area contributed by atoms with Gasteiger partial charge in [-0.2, -0.15) is 0 Å². The molecule has 1 atom stereocenters. The molecule has 1 saturated heterocycles. The number of para-hydroxylation sites is 1. The number of anilines is 1. The Morgan fingerprint density at radius 3 is 2.65 bits per heavy atom. The number of aromatic nitrogens is 1. The Morgan fingerprint density at radius 2 is 1.82 bits per heavy atom. The molecule has 1 fully saturated rings. The van der Waals surface area contributed by atoms with Crippen molar-refractivity contribution in [3.05, 3.63) is 65.2 Å². The third kappa shape index (κ3) is 5.02. The number of pyridine rings is 1. The number of ether oxygens (including phenoxy) is 1. The van der Waals surface area contributed by atoms with Crippen LogP contribution in [0.5, 0.6) is 5.75 Å². The fraction of sp³-hybridized carbons (Fsp3) is 0.429. The van der Waals surface area contributed by atoms with Crippen molar-refractivity contribution in [3.8, 4) is 5.75 Å². The van der Waals surface area contributed by atoms with E-state index in [1.54, 1.807) is 7.11 Å². The van der Waals surface area contributed by atoms with Gasteiger partial charge in [0.2, 0.25) is 0 Å². The molecule has 2 aliphatic rings. The molecular formula is C28H35N5O. The summed E-state index contributed by atoms with van der Waals surface area (Å²) in [7, 11) is 1.71. The minimum Gasteiger partial charge on any atom is -0.497 e. The molecule has 3 heterocycles. The number of piperazine rings is 1. The maximum atomic E-state index is 5.37. The summed E-state index contributed by atoms with van der Waals surface area (Å²) in [4.78, 5) is 17.3. The van der Waals surface area contributed by atoms with Crippen LogP contribution in [0.1, 0.15) is 26.2 Å². The summed E-state index contributed by atoms with van der Waals surface area (Å²) in [6, 6.07) is 18.9. The highest BCUT2D eigenvalue weighted by molar-refractivity contribution is 5.80. The van der Waals surface area contributed by atoms with E-state index in [0.29, 0.717) is 0 Å². The molecule has 1 aromatic heterocycles. The van der Waals surface area contributed by atoms with Crippen LogP contribution in [-0.2, 0) is 0 Å². The molecule has 0 radical (unpaired) electrons. The average Bonchev–Trinajstić information content (AvgIpc) is 2.90. The van der Waals surface area contributed by atoms with E-state index in [9.17, 15) is 0 Å². The lowest BCUT2D eigenvalue weighted by molar-refractivity contribution is 0.242. The summed E-state index contributed by atoms with van der Waals surface area (Å²) in [6.45, 7) is 8.63. The molecule has 0 bridgehead atoms. The van der Waals surface area contributed by atoms with Gasteiger partial charge < -0.3 is 14.5 Å². The highest BCUT2D eigenvalue weighted by atomic mass is 16.5. The van der Waals surface area contributed by atoms with Gasteiger partial charge in [0.15, 0.2) is 0 Å². The van der Waals surface area contributed by atoms with Crippen LogP contribution in [0.25, 0.3) is 17.1 Å². The smallest absolute Gasteiger partial charge is 0.129 e. The predicted octanol–water partition coefficient (Wildman–Crippen LogP) is 3.26. The lowest BCUT2D eigenvalue weighted by atomic mass is 10.1. The number of hydrogen-bond acceptors (Lipinski definition) is 6. The molecule has 0 spiro atoms. The zero-order valence-corrected chi connectivity index (χ0v) is 20.4. The number of methoxy groups -OCH3 is 1. The van der Waals surface area contributed by atoms with Gasteiger partial charge in [-0.25, -0.2) is 4.98 Å². The second-order valence-electron chi connectivity index (χ2n) is 9.18. The van der Waals surface area contributed by atoms with Crippen molar-refractivity contribution in [3.63, 3.8) is 0 Å². The lowest BCUT2D eigenvalue weighted by Gasteiger charge is -2.35. The van der Waals surface area contributed by atoms with Crippen molar-refractivity contribution in [1.29, 1.82) is 0 Å². The highest BCUT2D eigenvalue weighted by Crippen LogP contribution is 2.20. The van der Waals surface area contributed by atoms with Gasteiger partial charge in [-0.05, 0) is 69.1 Å². The van der Waals surface area contributed by atoms with E-state index in [4.69, 9.17) is 14.7 Å². The molecule has 3 aromatic rings. The summed E-state index contributed by atoms with van der Waals surface area (Å²) >= 11 is 0. The number of fused-ring (bicyclic) bond motifs is 2. The van der Waals surface area contributed by atoms with Crippen LogP contribution in [-0.4, -0.2) is 67.3 Å². The lowest BCUT2D eigenvalue weighted by Crippen LogP contribution is -2.47. The van der Waals surface area contributed by atoms with E-state index in [-0.39, 0.29) is 6.17 Å². The van der Waals surface area contributed by atoms with E-state index in [1.807, 2.05) is 6.07 Å². The van der Waals surface area contributed by atoms with Crippen LogP contribution in [0, 0.1) is 0 Å². The summed E-state index contributed by atoms with van der Waals surface area (Å²) in [5.41, 5.74) is 1.08. The fourth-order valence-electron chi connectivity index (χ4n) is 5.01. The zero-order chi connectivity index (χ0) is 23.3. The molecule has 34 heavy (non-hydrogen) atoms. The second-order valence-corrected chi connectivity index (χ2v) is 9.18. The Balaban J connectivity index is 1.09. The number of rotatable bonds is 8. The van der Waals surface area contributed by atoms with Crippen molar-refractivity contribution < 1.29 is 4.74 Å². The maximum absolute atomic E-state index is 5.37. The minimum absolute atomic E-state index is 0.238. The van der Waals surface area contributed by atoms with Crippen LogP contribution in [0.15, 0.2) is 59.6 Å². The molecule has 6 nitrogen and oxygen atoms in total. The SMILES string of the molecule is CCN1C=c2cc(OC)ccc2=NC1CCCCN1CCN(c2ccc3ccccc3n2)CC1. The molecule has 0 amide bonds. The summed E-state index contributed by atoms with van der Waals surface area (Å²) in [5, 5.41) is 3.43. The van der Waals surface area contributed by atoms with E-state index in [0.717, 1.165) is 73.3 Å². The zero-order valence-electron chi connectivity index (χ0n) is 20.4. The fourth-order valence-corrected chi connectivity index (χ4v) is 5.01. The van der Waals surface area contributed by atoms with Gasteiger partial charge in [0.25, 0.3) is 0 Å². The van der Waals surface area contributed by atoms with Crippen molar-refractivity contribution in [2.45, 2.75) is 32.4 Å². The van der Waals surface area contributed by atoms with Crippen molar-refractivity contribution in [2.75, 3.05) is 51.3 Å². The third-order valence-corrected chi connectivity index (χ3v) is 7.04. The maximum Gasteiger partial charge on any atom is 0.129 e. The standard InChI is InChI=1S/C28H35N5O/c1-3-32-21-23-20-24(34-2)12-13-26(23)30-27(32)10-6-7-15-31-16-18-33(19-17-31)28-14-11-22-8-4-5-9-25(22)29-28/h4-5,8-9,11-14,20-21,27H,3,6-7,10,15-19H2,1-2H3. The minimum atomic E-state index is 0.238. The Morgan fingerprint density at radius 1 is 0.971 bits per heavy atom. The molecule has 6 heteroatoms. The van der Waals surface area contributed by atoms with Crippen LogP contribution >= 0.6 is 0 Å². The van der Waals surface area contributed by atoms with Crippen molar-refractivity contribution in [1.82, 2.24) is 14.8 Å². The van der Waals surface area contributed by atoms with Crippen LogP contribution in [0.2, 0.25) is 0 Å². The molecule has 178 valence electrons. The van der Waals surface area contributed by atoms with Gasteiger partial charge in [-0.3, -0.25) is 9.89 Å². The second kappa shape index (κ2) is 10.4. The molecule has 0 N–H and O–H groups in total. The Bertz CT molecular complexity index is 1240. The van der Waals surface area contributed by atoms with Crippen LogP contribution in [0.3, 0.4) is 0 Å². The summed E-state index contributed by atoms with van der Waals surface area (Å²) < 4.78 is 5.37. The van der Waals surface area contributed by atoms with E-state index >= 15 is 0 Å². The molecule has 1 unspecified atom stereocenters. The summed E-state index contributed by atoms with van der Waals surface area (Å²) in [6.07, 6.45) is 5.98. The number of nitrogens with zero attached hydrogens (tertiary/aromatic N) is 5. The van der Waals surface area contributed by atoms with E-state index < -0.39 is 0 Å².